The zero-order valence-electron chi connectivity index (χ0n) is 33.0. The molecule has 1 unspecified atom stereocenters. The highest BCUT2D eigenvalue weighted by molar-refractivity contribution is 7.47. The molecule has 306 valence electrons. The van der Waals surface area contributed by atoms with Crippen LogP contribution >= 0.6 is 7.82 Å². The zero-order valence-corrected chi connectivity index (χ0v) is 33.9. The molecule has 0 amide bonds. The van der Waals surface area contributed by atoms with Crippen LogP contribution in [0.3, 0.4) is 0 Å². The largest absolute Gasteiger partial charge is 0.472 e. The number of carbonyl (C=O) groups is 2. The van der Waals surface area contributed by atoms with Crippen molar-refractivity contribution in [3.63, 3.8) is 0 Å². The molecule has 0 saturated heterocycles. The van der Waals surface area contributed by atoms with Gasteiger partial charge in [-0.25, -0.2) is 4.57 Å². The van der Waals surface area contributed by atoms with Gasteiger partial charge in [-0.15, -0.1) is 0 Å². The number of unbranched alkanes of at least 4 members (excludes halogenated alkanes) is 21. The fraction of sp³-hybridized carbons (Fsp3) is 0.854. The van der Waals surface area contributed by atoms with Gasteiger partial charge in [0.25, 0.3) is 0 Å². The summed E-state index contributed by atoms with van der Waals surface area (Å²) >= 11 is 0. The second-order valence-electron chi connectivity index (χ2n) is 14.0. The molecule has 0 aliphatic carbocycles. The van der Waals surface area contributed by atoms with Crippen LogP contribution in [0.15, 0.2) is 24.3 Å². The number of esters is 2. The Balaban J connectivity index is 4.32. The molecule has 52 heavy (non-hydrogen) atoms. The number of rotatable bonds is 39. The first-order valence-electron chi connectivity index (χ1n) is 20.8. The first-order chi connectivity index (χ1) is 25.2. The lowest BCUT2D eigenvalue weighted by atomic mass is 10.0. The summed E-state index contributed by atoms with van der Waals surface area (Å²) in [5.74, 6) is -0.935. The average molecular weight is 761 g/mol. The molecule has 0 aliphatic rings. The van der Waals surface area contributed by atoms with Crippen LogP contribution in [-0.2, 0) is 32.7 Å². The van der Waals surface area contributed by atoms with E-state index in [0.29, 0.717) is 12.8 Å². The Kier molecular flexibility index (Phi) is 36.6. The topological polar surface area (TPSA) is 149 Å². The smallest absolute Gasteiger partial charge is 0.462 e. The molecule has 0 rings (SSSR count). The molecule has 0 heterocycles. The SMILES string of the molecule is CCCC/C=C/C/C=C/CCCCCCCC(=O)OC[C@H](COP(=O)(O)OC[C@@H](O)CO)OC(=O)CCCCCCCCCCCCCCCCC. The number of aliphatic hydroxyl groups excluding tert-OH is 2. The van der Waals surface area contributed by atoms with Gasteiger partial charge in [0.2, 0.25) is 0 Å². The summed E-state index contributed by atoms with van der Waals surface area (Å²) < 4.78 is 32.6. The normalized spacial score (nSPS) is 14.2. The van der Waals surface area contributed by atoms with Crippen LogP contribution in [0.25, 0.3) is 0 Å². The maximum atomic E-state index is 12.6. The van der Waals surface area contributed by atoms with Crippen molar-refractivity contribution >= 4 is 19.8 Å². The van der Waals surface area contributed by atoms with Crippen molar-refractivity contribution in [2.75, 3.05) is 26.4 Å². The van der Waals surface area contributed by atoms with Gasteiger partial charge in [-0.3, -0.25) is 18.6 Å². The minimum Gasteiger partial charge on any atom is -0.462 e. The number of phosphoric ester groups is 1. The monoisotopic (exact) mass is 761 g/mol. The van der Waals surface area contributed by atoms with E-state index in [0.717, 1.165) is 64.2 Å². The van der Waals surface area contributed by atoms with E-state index in [1.807, 2.05) is 0 Å². The van der Waals surface area contributed by atoms with E-state index in [1.54, 1.807) is 0 Å². The standard InChI is InChI=1S/C41H77O10P/c1-3-5-7-9-11-13-15-17-19-21-23-25-27-29-31-33-41(45)51-39(37-50-52(46,47)49-35-38(43)34-42)36-48-40(44)32-30-28-26-24-22-20-18-16-14-12-10-8-6-4-2/h10,12,16,18,38-39,42-43H,3-9,11,13-15,17,19-37H2,1-2H3,(H,46,47)/b12-10+,18-16+/t38-,39+/m0/s1. The van der Waals surface area contributed by atoms with Gasteiger partial charge < -0.3 is 24.6 Å². The number of hydrogen-bond acceptors (Lipinski definition) is 9. The molecule has 3 atom stereocenters. The quantitative estimate of drug-likeness (QED) is 0.0239. The molecule has 0 fully saturated rings. The highest BCUT2D eigenvalue weighted by Crippen LogP contribution is 2.43. The Morgan fingerprint density at radius 2 is 1.02 bits per heavy atom. The third-order valence-electron chi connectivity index (χ3n) is 8.86. The summed E-state index contributed by atoms with van der Waals surface area (Å²) in [5, 5.41) is 18.3. The molecule has 0 aliphatic heterocycles. The van der Waals surface area contributed by atoms with Crippen LogP contribution in [0.1, 0.15) is 187 Å². The van der Waals surface area contributed by atoms with Gasteiger partial charge >= 0.3 is 19.8 Å². The second kappa shape index (κ2) is 37.8. The summed E-state index contributed by atoms with van der Waals surface area (Å²) in [6, 6.07) is 0. The fourth-order valence-corrected chi connectivity index (χ4v) is 6.39. The molecule has 0 aromatic rings. The zero-order chi connectivity index (χ0) is 38.4. The van der Waals surface area contributed by atoms with Gasteiger partial charge in [0, 0.05) is 12.8 Å². The van der Waals surface area contributed by atoms with Crippen LogP contribution in [0, 0.1) is 0 Å². The molecule has 0 saturated carbocycles. The van der Waals surface area contributed by atoms with E-state index in [9.17, 15) is 24.2 Å². The highest BCUT2D eigenvalue weighted by atomic mass is 31.2. The van der Waals surface area contributed by atoms with Crippen molar-refractivity contribution in [3.8, 4) is 0 Å². The fourth-order valence-electron chi connectivity index (χ4n) is 5.60. The van der Waals surface area contributed by atoms with E-state index in [4.69, 9.17) is 19.1 Å². The van der Waals surface area contributed by atoms with Crippen LogP contribution in [0.5, 0.6) is 0 Å². The summed E-state index contributed by atoms with van der Waals surface area (Å²) in [7, 11) is -4.61. The maximum Gasteiger partial charge on any atom is 0.472 e. The lowest BCUT2D eigenvalue weighted by Crippen LogP contribution is -2.29. The van der Waals surface area contributed by atoms with Gasteiger partial charge in [-0.2, -0.15) is 0 Å². The average Bonchev–Trinajstić information content (AvgIpc) is 3.13. The van der Waals surface area contributed by atoms with Gasteiger partial charge in [-0.1, -0.05) is 160 Å². The van der Waals surface area contributed by atoms with Crippen LogP contribution in [0.4, 0.5) is 0 Å². The summed E-state index contributed by atoms with van der Waals surface area (Å²) in [6.45, 7) is 2.33. The third kappa shape index (κ3) is 36.8. The van der Waals surface area contributed by atoms with Gasteiger partial charge in [-0.05, 0) is 38.5 Å². The van der Waals surface area contributed by atoms with Crippen molar-refractivity contribution in [2.45, 2.75) is 199 Å². The van der Waals surface area contributed by atoms with Gasteiger partial charge in [0.15, 0.2) is 6.10 Å². The number of hydrogen-bond donors (Lipinski definition) is 3. The number of allylic oxidation sites excluding steroid dienone is 4. The van der Waals surface area contributed by atoms with Crippen LogP contribution < -0.4 is 0 Å². The number of aliphatic hydroxyl groups is 2. The van der Waals surface area contributed by atoms with Crippen LogP contribution in [0.2, 0.25) is 0 Å². The Bertz CT molecular complexity index is 925. The van der Waals surface area contributed by atoms with E-state index in [2.05, 4.69) is 42.7 Å². The molecular formula is C41H77O10P. The number of ether oxygens (including phenoxy) is 2. The Morgan fingerprint density at radius 3 is 1.54 bits per heavy atom. The lowest BCUT2D eigenvalue weighted by molar-refractivity contribution is -0.161. The van der Waals surface area contributed by atoms with Gasteiger partial charge in [0.05, 0.1) is 19.8 Å². The van der Waals surface area contributed by atoms with E-state index < -0.39 is 51.8 Å². The molecule has 11 heteroatoms. The molecular weight excluding hydrogens is 683 g/mol. The van der Waals surface area contributed by atoms with Crippen LogP contribution in [-0.4, -0.2) is 65.7 Å². The van der Waals surface area contributed by atoms with E-state index in [-0.39, 0.29) is 19.4 Å². The molecule has 0 aromatic heterocycles. The third-order valence-corrected chi connectivity index (χ3v) is 9.81. The Labute approximate surface area is 317 Å². The van der Waals surface area contributed by atoms with Crippen molar-refractivity contribution in [1.29, 1.82) is 0 Å². The molecule has 0 bridgehead atoms. The van der Waals surface area contributed by atoms with E-state index in [1.165, 1.54) is 83.5 Å². The minimum absolute atomic E-state index is 0.185. The second-order valence-corrected chi connectivity index (χ2v) is 15.5. The van der Waals surface area contributed by atoms with Crippen molar-refractivity contribution in [3.05, 3.63) is 24.3 Å². The predicted molar refractivity (Wildman–Crippen MR) is 210 cm³/mol. The van der Waals surface area contributed by atoms with Gasteiger partial charge in [0.1, 0.15) is 12.7 Å². The molecule has 3 N–H and O–H groups in total. The first-order valence-corrected chi connectivity index (χ1v) is 22.3. The molecule has 0 spiro atoms. The summed E-state index contributed by atoms with van der Waals surface area (Å²) in [5.41, 5.74) is 0. The van der Waals surface area contributed by atoms with Crippen molar-refractivity contribution < 1.29 is 47.8 Å². The Hall–Kier alpha value is -1.55. The molecule has 0 aromatic carbocycles. The van der Waals surface area contributed by atoms with E-state index >= 15 is 0 Å². The molecule has 0 radical (unpaired) electrons. The van der Waals surface area contributed by atoms with Crippen molar-refractivity contribution in [1.82, 2.24) is 0 Å². The maximum absolute atomic E-state index is 12.6. The molecule has 10 nitrogen and oxygen atoms in total. The summed E-state index contributed by atoms with van der Waals surface area (Å²) in [6.07, 6.45) is 35.7. The first kappa shape index (κ1) is 50.5. The number of phosphoric acid groups is 1. The Morgan fingerprint density at radius 1 is 0.577 bits per heavy atom. The minimum atomic E-state index is -4.61. The van der Waals surface area contributed by atoms with Crippen molar-refractivity contribution in [2.24, 2.45) is 0 Å². The highest BCUT2D eigenvalue weighted by Gasteiger charge is 2.27. The lowest BCUT2D eigenvalue weighted by Gasteiger charge is -2.20. The number of carbonyl (C=O) groups excluding carboxylic acids is 2. The summed E-state index contributed by atoms with van der Waals surface area (Å²) in [4.78, 5) is 34.9. The predicted octanol–water partition coefficient (Wildman–Crippen LogP) is 10.6.